The summed E-state index contributed by atoms with van der Waals surface area (Å²) in [5.41, 5.74) is -0.354. The number of carbonyl (C=O) groups excluding carboxylic acids is 2. The van der Waals surface area contributed by atoms with E-state index in [1.165, 1.54) is 14.5 Å². The van der Waals surface area contributed by atoms with Crippen LogP contribution in [-0.2, 0) is 30.4 Å². The highest BCUT2D eigenvalue weighted by atomic mass is 19.4. The zero-order chi connectivity index (χ0) is 27.1. The van der Waals surface area contributed by atoms with Crippen molar-refractivity contribution in [3.8, 4) is 0 Å². The van der Waals surface area contributed by atoms with Gasteiger partial charge in [0.1, 0.15) is 18.1 Å². The molecular formula is C23H25F6N5O3. The van der Waals surface area contributed by atoms with Crippen LogP contribution in [0.5, 0.6) is 0 Å². The monoisotopic (exact) mass is 533 g/mol. The lowest BCUT2D eigenvalue weighted by Gasteiger charge is -2.33. The Bertz CT molecular complexity index is 1180. The number of amides is 3. The summed E-state index contributed by atoms with van der Waals surface area (Å²) in [6.07, 6.45) is -7.25. The van der Waals surface area contributed by atoms with Gasteiger partial charge in [0.05, 0.1) is 24.4 Å². The van der Waals surface area contributed by atoms with Crippen molar-refractivity contribution < 1.29 is 40.7 Å². The number of halogens is 6. The summed E-state index contributed by atoms with van der Waals surface area (Å²) in [6, 6.07) is 1.05. The molecule has 2 atom stereocenters. The summed E-state index contributed by atoms with van der Waals surface area (Å²) >= 11 is 0. The van der Waals surface area contributed by atoms with Crippen LogP contribution in [0.25, 0.3) is 0 Å². The smallest absolute Gasteiger partial charge is 0.375 e. The van der Waals surface area contributed by atoms with Gasteiger partial charge in [-0.2, -0.15) is 18.3 Å². The van der Waals surface area contributed by atoms with E-state index in [4.69, 9.17) is 4.74 Å². The Morgan fingerprint density at radius 2 is 2.00 bits per heavy atom. The van der Waals surface area contributed by atoms with Crippen molar-refractivity contribution in [1.82, 2.24) is 19.6 Å². The molecule has 2 unspecified atom stereocenters. The fourth-order valence-corrected chi connectivity index (χ4v) is 4.64. The number of ether oxygens (including phenoxy) is 1. The number of nitrogens with zero attached hydrogens (tertiary/aromatic N) is 4. The zero-order valence-corrected chi connectivity index (χ0v) is 20.0. The Labute approximate surface area is 208 Å². The minimum Gasteiger partial charge on any atom is -0.375 e. The first-order valence-corrected chi connectivity index (χ1v) is 11.5. The molecule has 3 amide bonds. The van der Waals surface area contributed by atoms with E-state index in [0.717, 1.165) is 6.07 Å². The van der Waals surface area contributed by atoms with Gasteiger partial charge in [0.15, 0.2) is 0 Å². The van der Waals surface area contributed by atoms with E-state index in [-0.39, 0.29) is 55.9 Å². The fourth-order valence-electron chi connectivity index (χ4n) is 4.64. The summed E-state index contributed by atoms with van der Waals surface area (Å²) in [5.74, 6) is -2.09. The summed E-state index contributed by atoms with van der Waals surface area (Å²) in [4.78, 5) is 29.0. The molecule has 4 rings (SSSR count). The Kier molecular flexibility index (Phi) is 7.40. The van der Waals surface area contributed by atoms with Crippen molar-refractivity contribution in [3.05, 3.63) is 46.5 Å². The van der Waals surface area contributed by atoms with Gasteiger partial charge in [-0.25, -0.2) is 18.0 Å². The highest BCUT2D eigenvalue weighted by Crippen LogP contribution is 2.34. The quantitative estimate of drug-likeness (QED) is 0.590. The van der Waals surface area contributed by atoms with E-state index in [1.807, 2.05) is 0 Å². The molecule has 0 spiro atoms. The van der Waals surface area contributed by atoms with E-state index >= 15 is 0 Å². The molecule has 202 valence electrons. The van der Waals surface area contributed by atoms with Crippen LogP contribution in [0.1, 0.15) is 34.2 Å². The lowest BCUT2D eigenvalue weighted by Crippen LogP contribution is -2.45. The molecule has 0 aliphatic carbocycles. The number of hydrogen-bond donors (Lipinski definition) is 1. The number of aromatic nitrogens is 2. The van der Waals surface area contributed by atoms with Crippen LogP contribution in [0.15, 0.2) is 18.2 Å². The average molecular weight is 533 g/mol. The molecule has 37 heavy (non-hydrogen) atoms. The normalized spacial score (nSPS) is 20.1. The second kappa shape index (κ2) is 10.2. The predicted molar refractivity (Wildman–Crippen MR) is 119 cm³/mol. The standard InChI is InChI=1S/C23H25F6N5O3/c1-12-5-18-15(9-33(12)22(36)30-14-3-4-17(24)16(6-14)23(27,28)29)20-21(35)32(2)7-13(8-34(20)31-18)10-37-11-19(25)26/h3-4,6,12-13,19H,5,7-11H2,1-2H3,(H,30,36). The Morgan fingerprint density at radius 1 is 1.27 bits per heavy atom. The van der Waals surface area contributed by atoms with Gasteiger partial charge < -0.3 is 19.9 Å². The van der Waals surface area contributed by atoms with Crippen LogP contribution in [0.3, 0.4) is 0 Å². The zero-order valence-electron chi connectivity index (χ0n) is 20.0. The van der Waals surface area contributed by atoms with Crippen molar-refractivity contribution >= 4 is 17.6 Å². The van der Waals surface area contributed by atoms with Gasteiger partial charge in [-0.05, 0) is 25.1 Å². The topological polar surface area (TPSA) is 79.7 Å². The molecule has 0 fully saturated rings. The third-order valence-corrected chi connectivity index (χ3v) is 6.38. The summed E-state index contributed by atoms with van der Waals surface area (Å²) in [6.45, 7) is 1.50. The molecule has 0 bridgehead atoms. The van der Waals surface area contributed by atoms with Gasteiger partial charge in [0.2, 0.25) is 0 Å². The molecule has 3 heterocycles. The fraction of sp³-hybridized carbons (Fsp3) is 0.522. The number of benzene rings is 1. The highest BCUT2D eigenvalue weighted by molar-refractivity contribution is 5.95. The van der Waals surface area contributed by atoms with Crippen molar-refractivity contribution in [2.45, 2.75) is 45.1 Å². The summed E-state index contributed by atoms with van der Waals surface area (Å²) in [7, 11) is 1.57. The number of alkyl halides is 5. The molecule has 2 aliphatic rings. The largest absolute Gasteiger partial charge is 0.419 e. The molecule has 0 radical (unpaired) electrons. The number of hydrogen-bond acceptors (Lipinski definition) is 4. The van der Waals surface area contributed by atoms with Crippen molar-refractivity contribution in [2.24, 2.45) is 5.92 Å². The Balaban J connectivity index is 1.55. The van der Waals surface area contributed by atoms with Crippen LogP contribution >= 0.6 is 0 Å². The van der Waals surface area contributed by atoms with E-state index in [1.54, 1.807) is 14.0 Å². The maximum absolute atomic E-state index is 13.6. The lowest BCUT2D eigenvalue weighted by atomic mass is 9.99. The maximum Gasteiger partial charge on any atom is 0.419 e. The second-order valence-corrected chi connectivity index (χ2v) is 9.24. The van der Waals surface area contributed by atoms with Crippen LogP contribution < -0.4 is 5.32 Å². The Morgan fingerprint density at radius 3 is 2.68 bits per heavy atom. The molecule has 1 aromatic carbocycles. The van der Waals surface area contributed by atoms with Gasteiger partial charge >= 0.3 is 12.2 Å². The van der Waals surface area contributed by atoms with Gasteiger partial charge in [0.25, 0.3) is 12.3 Å². The molecule has 14 heteroatoms. The number of fused-ring (bicyclic) bond motifs is 3. The first-order chi connectivity index (χ1) is 17.3. The van der Waals surface area contributed by atoms with Crippen LogP contribution in [0.2, 0.25) is 0 Å². The minimum absolute atomic E-state index is 0.00838. The molecule has 2 aliphatic heterocycles. The van der Waals surface area contributed by atoms with Crippen LogP contribution in [-0.4, -0.2) is 70.8 Å². The molecule has 0 saturated carbocycles. The van der Waals surface area contributed by atoms with Gasteiger partial charge in [-0.1, -0.05) is 0 Å². The molecule has 0 saturated heterocycles. The van der Waals surface area contributed by atoms with Crippen molar-refractivity contribution in [1.29, 1.82) is 0 Å². The van der Waals surface area contributed by atoms with Gasteiger partial charge in [-0.15, -0.1) is 0 Å². The third-order valence-electron chi connectivity index (χ3n) is 6.38. The van der Waals surface area contributed by atoms with E-state index < -0.39 is 42.7 Å². The van der Waals surface area contributed by atoms with E-state index in [9.17, 15) is 35.9 Å². The van der Waals surface area contributed by atoms with Crippen molar-refractivity contribution in [3.63, 3.8) is 0 Å². The predicted octanol–water partition coefficient (Wildman–Crippen LogP) is 4.00. The molecule has 1 aromatic heterocycles. The number of anilines is 1. The highest BCUT2D eigenvalue weighted by Gasteiger charge is 2.38. The molecular weight excluding hydrogens is 508 g/mol. The van der Waals surface area contributed by atoms with E-state index in [2.05, 4.69) is 10.4 Å². The number of urea groups is 1. The summed E-state index contributed by atoms with van der Waals surface area (Å²) in [5, 5.41) is 6.92. The molecule has 8 nitrogen and oxygen atoms in total. The van der Waals surface area contributed by atoms with Crippen LogP contribution in [0.4, 0.5) is 36.8 Å². The minimum atomic E-state index is -4.93. The molecule has 1 N–H and O–H groups in total. The van der Waals surface area contributed by atoms with Crippen molar-refractivity contribution in [2.75, 3.05) is 32.1 Å². The average Bonchev–Trinajstić information content (AvgIpc) is 3.08. The first-order valence-electron chi connectivity index (χ1n) is 11.5. The second-order valence-electron chi connectivity index (χ2n) is 9.24. The number of rotatable bonds is 5. The third kappa shape index (κ3) is 5.68. The summed E-state index contributed by atoms with van der Waals surface area (Å²) < 4.78 is 84.3. The van der Waals surface area contributed by atoms with E-state index in [0.29, 0.717) is 23.4 Å². The van der Waals surface area contributed by atoms with Gasteiger partial charge in [-0.3, -0.25) is 9.48 Å². The molecule has 2 aromatic rings. The maximum atomic E-state index is 13.6. The Hall–Kier alpha value is -3.29. The first kappa shape index (κ1) is 26.8. The van der Waals surface area contributed by atoms with Gasteiger partial charge in [0, 0.05) is 49.8 Å². The van der Waals surface area contributed by atoms with Crippen LogP contribution in [0, 0.1) is 11.7 Å². The SMILES string of the molecule is CC1Cc2nn3c(c2CN1C(=O)Nc1ccc(F)c(C(F)(F)F)c1)C(=O)N(C)CC(COCC(F)F)C3. The number of nitrogens with one attached hydrogen (secondary N) is 1. The number of carbonyl (C=O) groups is 2. The lowest BCUT2D eigenvalue weighted by molar-refractivity contribution is -0.139.